The number of halogens is 1. The highest BCUT2D eigenvalue weighted by Gasteiger charge is 2.23. The molecule has 0 bridgehead atoms. The summed E-state index contributed by atoms with van der Waals surface area (Å²) in [5.74, 6) is 1.97. The van der Waals surface area contributed by atoms with E-state index in [0.717, 1.165) is 49.8 Å². The van der Waals surface area contributed by atoms with E-state index in [9.17, 15) is 4.79 Å². The predicted molar refractivity (Wildman–Crippen MR) is 99.1 cm³/mol. The maximum Gasteiger partial charge on any atom is 0.252 e. The fraction of sp³-hybridized carbons (Fsp3) is 0.647. The molecule has 2 aromatic rings. The van der Waals surface area contributed by atoms with E-state index in [1.807, 2.05) is 31.9 Å². The van der Waals surface area contributed by atoms with Crippen LogP contribution in [0.2, 0.25) is 0 Å². The molecular weight excluding hydrogens is 340 g/mol. The highest BCUT2D eigenvalue weighted by Crippen LogP contribution is 2.20. The summed E-state index contributed by atoms with van der Waals surface area (Å²) in [5.41, 5.74) is 1.89. The molecule has 138 valence electrons. The van der Waals surface area contributed by atoms with Gasteiger partial charge < -0.3 is 10.2 Å². The zero-order valence-corrected chi connectivity index (χ0v) is 16.0. The van der Waals surface area contributed by atoms with E-state index in [2.05, 4.69) is 20.4 Å². The van der Waals surface area contributed by atoms with Crippen LogP contribution in [0.4, 0.5) is 0 Å². The predicted octanol–water partition coefficient (Wildman–Crippen LogP) is 1.55. The van der Waals surface area contributed by atoms with Gasteiger partial charge in [0, 0.05) is 24.5 Å². The Bertz CT molecular complexity index is 723. The maximum atomic E-state index is 12.5. The summed E-state index contributed by atoms with van der Waals surface area (Å²) in [6.45, 7) is 6.64. The van der Waals surface area contributed by atoms with Crippen molar-refractivity contribution in [3.63, 3.8) is 0 Å². The van der Waals surface area contributed by atoms with Gasteiger partial charge in [-0.15, -0.1) is 17.5 Å². The third-order valence-corrected chi connectivity index (χ3v) is 4.74. The molecule has 2 aromatic heterocycles. The van der Waals surface area contributed by atoms with Gasteiger partial charge in [-0.05, 0) is 58.7 Å². The summed E-state index contributed by atoms with van der Waals surface area (Å²) in [7, 11) is 1.98. The topological polar surface area (TPSA) is 75.4 Å². The average molecular weight is 367 g/mol. The number of piperidine rings is 1. The second kappa shape index (κ2) is 8.58. The van der Waals surface area contributed by atoms with Crippen molar-refractivity contribution in [3.8, 4) is 0 Å². The van der Waals surface area contributed by atoms with Crippen molar-refractivity contribution in [3.05, 3.63) is 23.3 Å². The quantitative estimate of drug-likeness (QED) is 0.869. The number of carbonyl (C=O) groups is 1. The maximum absolute atomic E-state index is 12.5. The zero-order chi connectivity index (χ0) is 17.1. The minimum Gasteiger partial charge on any atom is -0.342 e. The van der Waals surface area contributed by atoms with Gasteiger partial charge in [-0.1, -0.05) is 0 Å². The molecule has 0 aromatic carbocycles. The van der Waals surface area contributed by atoms with Crippen molar-refractivity contribution in [1.29, 1.82) is 0 Å². The number of carbonyl (C=O) groups excluding carboxylic acids is 1. The van der Waals surface area contributed by atoms with Crippen molar-refractivity contribution in [2.45, 2.75) is 39.5 Å². The van der Waals surface area contributed by atoms with Crippen LogP contribution in [-0.4, -0.2) is 57.1 Å². The fourth-order valence-electron chi connectivity index (χ4n) is 3.35. The highest BCUT2D eigenvalue weighted by atomic mass is 35.5. The second-order valence-electron chi connectivity index (χ2n) is 6.67. The van der Waals surface area contributed by atoms with E-state index < -0.39 is 0 Å². The Kier molecular flexibility index (Phi) is 6.72. The first kappa shape index (κ1) is 19.6. The Morgan fingerprint density at radius 1 is 1.28 bits per heavy atom. The molecule has 1 N–H and O–H groups in total. The monoisotopic (exact) mass is 366 g/mol. The molecule has 1 aliphatic heterocycles. The largest absolute Gasteiger partial charge is 0.342 e. The molecule has 1 fully saturated rings. The van der Waals surface area contributed by atoms with E-state index in [4.69, 9.17) is 0 Å². The smallest absolute Gasteiger partial charge is 0.252 e. The van der Waals surface area contributed by atoms with Gasteiger partial charge in [0.2, 0.25) is 5.91 Å². The van der Waals surface area contributed by atoms with E-state index in [0.29, 0.717) is 11.6 Å². The van der Waals surface area contributed by atoms with Gasteiger partial charge in [-0.25, -0.2) is 9.50 Å². The minimum absolute atomic E-state index is 0. The van der Waals surface area contributed by atoms with E-state index in [-0.39, 0.29) is 24.7 Å². The number of hydrogen-bond acceptors (Lipinski definition) is 5. The first-order valence-electron chi connectivity index (χ1n) is 8.69. The van der Waals surface area contributed by atoms with Crippen molar-refractivity contribution < 1.29 is 4.79 Å². The lowest BCUT2D eigenvalue weighted by atomic mass is 9.93. The summed E-state index contributed by atoms with van der Waals surface area (Å²) in [4.78, 5) is 23.3. The van der Waals surface area contributed by atoms with E-state index in [1.54, 1.807) is 4.52 Å². The number of nitrogens with zero attached hydrogens (tertiary/aromatic N) is 5. The molecule has 7 nitrogen and oxygen atoms in total. The SMILES string of the molecule is CNCCC1CCN(C(=O)Cc2nc3nc(C)cc(C)n3n2)CC1.Cl. The van der Waals surface area contributed by atoms with Gasteiger partial charge in [0.1, 0.15) is 0 Å². The highest BCUT2D eigenvalue weighted by molar-refractivity contribution is 5.85. The van der Waals surface area contributed by atoms with Crippen LogP contribution in [0.15, 0.2) is 6.07 Å². The summed E-state index contributed by atoms with van der Waals surface area (Å²) in [6.07, 6.45) is 3.62. The lowest BCUT2D eigenvalue weighted by Crippen LogP contribution is -2.39. The second-order valence-corrected chi connectivity index (χ2v) is 6.67. The Hall–Kier alpha value is -1.73. The van der Waals surface area contributed by atoms with E-state index in [1.165, 1.54) is 6.42 Å². The third kappa shape index (κ3) is 4.67. The molecule has 25 heavy (non-hydrogen) atoms. The fourth-order valence-corrected chi connectivity index (χ4v) is 3.35. The van der Waals surface area contributed by atoms with Crippen LogP contribution < -0.4 is 5.32 Å². The lowest BCUT2D eigenvalue weighted by Gasteiger charge is -2.31. The summed E-state index contributed by atoms with van der Waals surface area (Å²) in [6, 6.07) is 1.96. The molecule has 0 saturated carbocycles. The normalized spacial score (nSPS) is 15.4. The first-order chi connectivity index (χ1) is 11.6. The third-order valence-electron chi connectivity index (χ3n) is 4.74. The van der Waals surface area contributed by atoms with Gasteiger partial charge in [0.05, 0.1) is 6.42 Å². The molecule has 0 atom stereocenters. The average Bonchev–Trinajstić information content (AvgIpc) is 2.96. The van der Waals surface area contributed by atoms with Crippen LogP contribution >= 0.6 is 12.4 Å². The number of hydrogen-bond donors (Lipinski definition) is 1. The number of nitrogens with one attached hydrogen (secondary N) is 1. The summed E-state index contributed by atoms with van der Waals surface area (Å²) < 4.78 is 1.71. The molecule has 3 heterocycles. The summed E-state index contributed by atoms with van der Waals surface area (Å²) in [5, 5.41) is 7.63. The molecule has 1 saturated heterocycles. The molecular formula is C17H27ClN6O. The standard InChI is InChI=1S/C17H26N6O.ClH/c1-12-10-13(2)23-17(19-12)20-15(21-23)11-16(24)22-8-5-14(6-9-22)4-7-18-3;/h10,14,18H,4-9,11H2,1-3H3;1H. The van der Waals surface area contributed by atoms with Gasteiger partial charge in [0.15, 0.2) is 5.82 Å². The van der Waals surface area contributed by atoms with Crippen LogP contribution in [0, 0.1) is 19.8 Å². The number of aryl methyl sites for hydroxylation is 2. The number of likely N-dealkylation sites (tertiary alicyclic amines) is 1. The van der Waals surface area contributed by atoms with Gasteiger partial charge >= 0.3 is 0 Å². The number of fused-ring (bicyclic) bond motifs is 1. The Balaban J connectivity index is 0.00000225. The van der Waals surface area contributed by atoms with Crippen molar-refractivity contribution in [2.75, 3.05) is 26.7 Å². The molecule has 1 amide bonds. The first-order valence-corrected chi connectivity index (χ1v) is 8.69. The molecule has 8 heteroatoms. The van der Waals surface area contributed by atoms with Crippen molar-refractivity contribution in [2.24, 2.45) is 5.92 Å². The van der Waals surface area contributed by atoms with Crippen molar-refractivity contribution in [1.82, 2.24) is 29.8 Å². The van der Waals surface area contributed by atoms with Gasteiger partial charge in [-0.2, -0.15) is 4.98 Å². The van der Waals surface area contributed by atoms with Crippen LogP contribution in [0.25, 0.3) is 5.78 Å². The minimum atomic E-state index is 0. The number of aromatic nitrogens is 4. The molecule has 1 aliphatic rings. The Morgan fingerprint density at radius 3 is 2.68 bits per heavy atom. The van der Waals surface area contributed by atoms with Crippen LogP contribution in [0.5, 0.6) is 0 Å². The Labute approximate surface area is 154 Å². The lowest BCUT2D eigenvalue weighted by molar-refractivity contribution is -0.132. The van der Waals surface area contributed by atoms with Gasteiger partial charge in [0.25, 0.3) is 5.78 Å². The number of rotatable bonds is 5. The molecule has 0 radical (unpaired) electrons. The van der Waals surface area contributed by atoms with Crippen molar-refractivity contribution >= 4 is 24.1 Å². The van der Waals surface area contributed by atoms with Gasteiger partial charge in [-0.3, -0.25) is 4.79 Å². The van der Waals surface area contributed by atoms with E-state index >= 15 is 0 Å². The molecule has 0 aliphatic carbocycles. The molecule has 3 rings (SSSR count). The van der Waals surface area contributed by atoms with Crippen LogP contribution in [0.3, 0.4) is 0 Å². The van der Waals surface area contributed by atoms with Crippen LogP contribution in [0.1, 0.15) is 36.5 Å². The van der Waals surface area contributed by atoms with Crippen LogP contribution in [-0.2, 0) is 11.2 Å². The zero-order valence-electron chi connectivity index (χ0n) is 15.2. The molecule has 0 spiro atoms. The summed E-state index contributed by atoms with van der Waals surface area (Å²) >= 11 is 0. The Morgan fingerprint density at radius 2 is 2.00 bits per heavy atom. The molecule has 0 unspecified atom stereocenters. The number of amides is 1.